The van der Waals surface area contributed by atoms with E-state index in [4.69, 9.17) is 4.74 Å². The number of imidazole rings is 1. The molecule has 0 aliphatic rings. The fourth-order valence-electron chi connectivity index (χ4n) is 2.88. The van der Waals surface area contributed by atoms with Crippen molar-refractivity contribution in [2.24, 2.45) is 0 Å². The average Bonchev–Trinajstić information content (AvgIpc) is 3.00. The molecular formula is C20H23N3O2. The van der Waals surface area contributed by atoms with Crippen molar-refractivity contribution in [3.63, 3.8) is 0 Å². The molecule has 130 valence electrons. The van der Waals surface area contributed by atoms with Gasteiger partial charge in [-0.1, -0.05) is 32.9 Å². The predicted octanol–water partition coefficient (Wildman–Crippen LogP) is 4.28. The Morgan fingerprint density at radius 2 is 1.96 bits per heavy atom. The lowest BCUT2D eigenvalue weighted by molar-refractivity contribution is 0.102. The van der Waals surface area contributed by atoms with Crippen molar-refractivity contribution >= 4 is 17.2 Å². The van der Waals surface area contributed by atoms with Gasteiger partial charge in [0, 0.05) is 11.9 Å². The second-order valence-corrected chi connectivity index (χ2v) is 6.26. The van der Waals surface area contributed by atoms with Gasteiger partial charge >= 0.3 is 0 Å². The van der Waals surface area contributed by atoms with Crippen molar-refractivity contribution in [2.75, 3.05) is 12.4 Å². The highest BCUT2D eigenvalue weighted by Gasteiger charge is 2.20. The summed E-state index contributed by atoms with van der Waals surface area (Å²) in [7, 11) is 1.60. The number of methoxy groups -OCH3 is 1. The smallest absolute Gasteiger partial charge is 0.274 e. The van der Waals surface area contributed by atoms with Gasteiger partial charge in [0.25, 0.3) is 5.91 Å². The SMILES string of the molecule is CCc1nc2c(OC)cccn2c1C(=O)Nc1ccc(C(C)C)cc1. The fraction of sp³-hybridized carbons (Fsp3) is 0.300. The lowest BCUT2D eigenvalue weighted by Gasteiger charge is -2.09. The second kappa shape index (κ2) is 6.97. The van der Waals surface area contributed by atoms with Crippen LogP contribution in [0.4, 0.5) is 5.69 Å². The molecule has 2 aromatic heterocycles. The summed E-state index contributed by atoms with van der Waals surface area (Å²) in [5, 5.41) is 2.97. The van der Waals surface area contributed by atoms with Crippen LogP contribution in [0.2, 0.25) is 0 Å². The quantitative estimate of drug-likeness (QED) is 0.756. The zero-order valence-corrected chi connectivity index (χ0v) is 15.0. The van der Waals surface area contributed by atoms with Crippen molar-refractivity contribution in [2.45, 2.75) is 33.1 Å². The van der Waals surface area contributed by atoms with E-state index in [1.165, 1.54) is 5.56 Å². The number of pyridine rings is 1. The van der Waals surface area contributed by atoms with E-state index in [1.54, 1.807) is 11.5 Å². The van der Waals surface area contributed by atoms with Gasteiger partial charge in [0.2, 0.25) is 0 Å². The summed E-state index contributed by atoms with van der Waals surface area (Å²) in [5.74, 6) is 0.940. The third-order valence-corrected chi connectivity index (χ3v) is 4.29. The molecule has 0 radical (unpaired) electrons. The maximum absolute atomic E-state index is 12.9. The zero-order valence-electron chi connectivity index (χ0n) is 15.0. The lowest BCUT2D eigenvalue weighted by atomic mass is 10.0. The Labute approximate surface area is 147 Å². The van der Waals surface area contributed by atoms with Gasteiger partial charge < -0.3 is 10.1 Å². The molecule has 5 heteroatoms. The van der Waals surface area contributed by atoms with Crippen LogP contribution in [0.1, 0.15) is 48.4 Å². The van der Waals surface area contributed by atoms with Crippen LogP contribution in [0.5, 0.6) is 5.75 Å². The largest absolute Gasteiger partial charge is 0.493 e. The number of anilines is 1. The summed E-state index contributed by atoms with van der Waals surface area (Å²) in [5.41, 5.74) is 3.97. The Morgan fingerprint density at radius 3 is 2.56 bits per heavy atom. The van der Waals surface area contributed by atoms with Crippen LogP contribution in [-0.4, -0.2) is 22.4 Å². The van der Waals surface area contributed by atoms with Gasteiger partial charge in [-0.25, -0.2) is 4.98 Å². The molecule has 0 atom stereocenters. The number of rotatable bonds is 5. The van der Waals surface area contributed by atoms with Crippen LogP contribution in [0.25, 0.3) is 5.65 Å². The zero-order chi connectivity index (χ0) is 18.0. The number of hydrogen-bond donors (Lipinski definition) is 1. The monoisotopic (exact) mass is 337 g/mol. The minimum Gasteiger partial charge on any atom is -0.493 e. The van der Waals surface area contributed by atoms with Crippen molar-refractivity contribution in [3.8, 4) is 5.75 Å². The number of benzene rings is 1. The third-order valence-electron chi connectivity index (χ3n) is 4.29. The van der Waals surface area contributed by atoms with Crippen LogP contribution in [0, 0.1) is 0 Å². The number of carbonyl (C=O) groups is 1. The molecule has 0 bridgehead atoms. The minimum absolute atomic E-state index is 0.171. The molecule has 3 aromatic rings. The van der Waals surface area contributed by atoms with Gasteiger partial charge in [-0.05, 0) is 42.2 Å². The maximum Gasteiger partial charge on any atom is 0.274 e. The fourth-order valence-corrected chi connectivity index (χ4v) is 2.88. The normalized spacial score (nSPS) is 11.1. The van der Waals surface area contributed by atoms with E-state index in [0.29, 0.717) is 29.4 Å². The molecule has 0 saturated carbocycles. The van der Waals surface area contributed by atoms with Gasteiger partial charge in [0.1, 0.15) is 5.69 Å². The first-order chi connectivity index (χ1) is 12.0. The van der Waals surface area contributed by atoms with E-state index >= 15 is 0 Å². The number of aryl methyl sites for hydroxylation is 1. The minimum atomic E-state index is -0.171. The Morgan fingerprint density at radius 1 is 1.24 bits per heavy atom. The molecule has 0 spiro atoms. The van der Waals surface area contributed by atoms with Crippen molar-refractivity contribution in [1.29, 1.82) is 0 Å². The average molecular weight is 337 g/mol. The van der Waals surface area contributed by atoms with Crippen LogP contribution in [0.15, 0.2) is 42.6 Å². The molecule has 0 unspecified atom stereocenters. The molecule has 1 N–H and O–H groups in total. The first-order valence-corrected chi connectivity index (χ1v) is 8.50. The predicted molar refractivity (Wildman–Crippen MR) is 99.6 cm³/mol. The van der Waals surface area contributed by atoms with E-state index in [-0.39, 0.29) is 5.91 Å². The molecule has 0 aliphatic carbocycles. The van der Waals surface area contributed by atoms with Crippen LogP contribution in [-0.2, 0) is 6.42 Å². The second-order valence-electron chi connectivity index (χ2n) is 6.26. The Hall–Kier alpha value is -2.82. The highest BCUT2D eigenvalue weighted by Crippen LogP contribution is 2.23. The molecular weight excluding hydrogens is 314 g/mol. The molecule has 3 rings (SSSR count). The van der Waals surface area contributed by atoms with Crippen LogP contribution < -0.4 is 10.1 Å². The van der Waals surface area contributed by atoms with Crippen LogP contribution >= 0.6 is 0 Å². The summed E-state index contributed by atoms with van der Waals surface area (Å²) < 4.78 is 7.15. The molecule has 1 aromatic carbocycles. The molecule has 25 heavy (non-hydrogen) atoms. The van der Waals surface area contributed by atoms with Gasteiger partial charge in [0.15, 0.2) is 11.4 Å². The number of amides is 1. The number of nitrogens with zero attached hydrogens (tertiary/aromatic N) is 2. The topological polar surface area (TPSA) is 55.6 Å². The standard InChI is InChI=1S/C20H23N3O2/c1-5-16-18(23-12-6-7-17(25-4)19(23)22-16)20(24)21-15-10-8-14(9-11-15)13(2)3/h6-13H,5H2,1-4H3,(H,21,24). The number of ether oxygens (including phenoxy) is 1. The molecule has 0 aliphatic heterocycles. The molecule has 0 fully saturated rings. The molecule has 2 heterocycles. The molecule has 0 saturated heterocycles. The van der Waals surface area contributed by atoms with Crippen molar-refractivity contribution in [1.82, 2.24) is 9.38 Å². The van der Waals surface area contributed by atoms with E-state index < -0.39 is 0 Å². The summed E-state index contributed by atoms with van der Waals surface area (Å²) in [6.07, 6.45) is 2.50. The number of fused-ring (bicyclic) bond motifs is 1. The highest BCUT2D eigenvalue weighted by molar-refractivity contribution is 6.04. The number of nitrogens with one attached hydrogen (secondary N) is 1. The van der Waals surface area contributed by atoms with Gasteiger partial charge in [0.05, 0.1) is 12.8 Å². The maximum atomic E-state index is 12.9. The summed E-state index contributed by atoms with van der Waals surface area (Å²) in [6, 6.07) is 11.6. The molecule has 1 amide bonds. The van der Waals surface area contributed by atoms with Gasteiger partial charge in [-0.3, -0.25) is 9.20 Å². The van der Waals surface area contributed by atoms with Crippen molar-refractivity contribution < 1.29 is 9.53 Å². The van der Waals surface area contributed by atoms with Crippen LogP contribution in [0.3, 0.4) is 0 Å². The van der Waals surface area contributed by atoms with Gasteiger partial charge in [-0.15, -0.1) is 0 Å². The number of hydrogen-bond acceptors (Lipinski definition) is 3. The van der Waals surface area contributed by atoms with Crippen molar-refractivity contribution in [3.05, 3.63) is 59.5 Å². The van der Waals surface area contributed by atoms with E-state index in [2.05, 4.69) is 24.1 Å². The first kappa shape index (κ1) is 17.0. The summed E-state index contributed by atoms with van der Waals surface area (Å²) in [4.78, 5) is 17.5. The van der Waals surface area contributed by atoms with E-state index in [9.17, 15) is 4.79 Å². The number of aromatic nitrogens is 2. The summed E-state index contributed by atoms with van der Waals surface area (Å²) in [6.45, 7) is 6.28. The molecule has 5 nitrogen and oxygen atoms in total. The Kier molecular flexibility index (Phi) is 4.74. The Bertz CT molecular complexity index is 895. The highest BCUT2D eigenvalue weighted by atomic mass is 16.5. The lowest BCUT2D eigenvalue weighted by Crippen LogP contribution is -2.16. The number of carbonyl (C=O) groups excluding carboxylic acids is 1. The third kappa shape index (κ3) is 3.22. The Balaban J connectivity index is 1.96. The van der Waals surface area contributed by atoms with E-state index in [0.717, 1.165) is 11.4 Å². The summed E-state index contributed by atoms with van der Waals surface area (Å²) >= 11 is 0. The van der Waals surface area contributed by atoms with Gasteiger partial charge in [-0.2, -0.15) is 0 Å². The first-order valence-electron chi connectivity index (χ1n) is 8.50. The van der Waals surface area contributed by atoms with E-state index in [1.807, 2.05) is 49.5 Å².